The fraction of sp³-hybridized carbons (Fsp3) is 0.273. The maximum Gasteiger partial charge on any atom is 0.261 e. The van der Waals surface area contributed by atoms with Crippen molar-refractivity contribution in [3.8, 4) is 0 Å². The lowest BCUT2D eigenvalue weighted by atomic mass is 10.1. The third kappa shape index (κ3) is 2.45. The Kier molecular flexibility index (Phi) is 3.29. The van der Waals surface area contributed by atoms with E-state index in [1.807, 2.05) is 0 Å². The van der Waals surface area contributed by atoms with Gasteiger partial charge in [0.1, 0.15) is 0 Å². The van der Waals surface area contributed by atoms with Gasteiger partial charge in [0.15, 0.2) is 0 Å². The van der Waals surface area contributed by atoms with Crippen LogP contribution in [0.2, 0.25) is 0 Å². The molecule has 0 saturated heterocycles. The summed E-state index contributed by atoms with van der Waals surface area (Å²) in [6.45, 7) is -0.500. The van der Waals surface area contributed by atoms with E-state index in [4.69, 9.17) is 5.11 Å². The van der Waals surface area contributed by atoms with Crippen molar-refractivity contribution in [3.05, 3.63) is 29.3 Å². The minimum Gasteiger partial charge on any atom is -0.395 e. The van der Waals surface area contributed by atoms with Gasteiger partial charge in [-0.1, -0.05) is 0 Å². The Labute approximate surface area is 109 Å². The lowest BCUT2D eigenvalue weighted by Gasteiger charge is -2.07. The molecule has 0 bridgehead atoms. The first kappa shape index (κ1) is 13.5. The maximum absolute atomic E-state index is 11.7. The van der Waals surface area contributed by atoms with Gasteiger partial charge in [0.25, 0.3) is 11.8 Å². The third-order valence-corrected chi connectivity index (χ3v) is 3.99. The summed E-state index contributed by atoms with van der Waals surface area (Å²) in [6, 6.07) is 4.11. The molecule has 2 rings (SSSR count). The Hall–Kier alpha value is -1.93. The van der Waals surface area contributed by atoms with Crippen LogP contribution in [-0.4, -0.2) is 49.6 Å². The molecule has 102 valence electrons. The van der Waals surface area contributed by atoms with Gasteiger partial charge in [-0.3, -0.25) is 19.2 Å². The van der Waals surface area contributed by atoms with E-state index >= 15 is 0 Å². The zero-order valence-electron chi connectivity index (χ0n) is 10.1. The van der Waals surface area contributed by atoms with E-state index in [1.54, 1.807) is 0 Å². The molecular formula is C11H12N2O5S. The van der Waals surface area contributed by atoms with E-state index in [2.05, 4.69) is 4.72 Å². The van der Waals surface area contributed by atoms with Gasteiger partial charge in [0.2, 0.25) is 10.0 Å². The van der Waals surface area contributed by atoms with Crippen LogP contribution in [0, 0.1) is 0 Å². The molecule has 0 spiro atoms. The molecule has 1 aliphatic rings. The van der Waals surface area contributed by atoms with Crippen molar-refractivity contribution in [1.29, 1.82) is 0 Å². The molecule has 1 aromatic carbocycles. The van der Waals surface area contributed by atoms with Crippen LogP contribution in [0.1, 0.15) is 20.7 Å². The number of nitrogens with zero attached hydrogens (tertiary/aromatic N) is 1. The molecule has 0 aliphatic carbocycles. The molecule has 1 aliphatic heterocycles. The van der Waals surface area contributed by atoms with Gasteiger partial charge in [-0.2, -0.15) is 0 Å². The number of amides is 2. The maximum atomic E-state index is 11.7. The van der Waals surface area contributed by atoms with E-state index in [9.17, 15) is 18.0 Å². The summed E-state index contributed by atoms with van der Waals surface area (Å²) in [5.74, 6) is -1.32. The highest BCUT2D eigenvalue weighted by Gasteiger charge is 2.32. The quantitative estimate of drug-likeness (QED) is 0.735. The van der Waals surface area contributed by atoms with Crippen LogP contribution in [0.15, 0.2) is 18.2 Å². The summed E-state index contributed by atoms with van der Waals surface area (Å²) < 4.78 is 25.2. The highest BCUT2D eigenvalue weighted by Crippen LogP contribution is 2.25. The molecule has 0 atom stereocenters. The fourth-order valence-corrected chi connectivity index (χ4v) is 2.60. The summed E-state index contributed by atoms with van der Waals surface area (Å²) in [7, 11) is -2.30. The molecule has 0 aromatic heterocycles. The van der Waals surface area contributed by atoms with Gasteiger partial charge in [-0.05, 0) is 18.2 Å². The van der Waals surface area contributed by atoms with Gasteiger partial charge in [0, 0.05) is 12.7 Å². The second-order valence-electron chi connectivity index (χ2n) is 4.07. The number of carbonyl (C=O) groups excluding carboxylic acids is 2. The van der Waals surface area contributed by atoms with Crippen LogP contribution in [0.25, 0.3) is 0 Å². The summed E-state index contributed by atoms with van der Waals surface area (Å²) in [5.41, 5.74) is 0.595. The number of aliphatic hydroxyl groups is 1. The molecule has 1 aromatic rings. The SMILES string of the molecule is CN1C(=O)c2ccc(NS(=O)(=O)CCO)cc2C1=O. The van der Waals surface area contributed by atoms with Crippen LogP contribution in [0.3, 0.4) is 0 Å². The van der Waals surface area contributed by atoms with E-state index in [-0.39, 0.29) is 16.8 Å². The topological polar surface area (TPSA) is 104 Å². The zero-order valence-corrected chi connectivity index (χ0v) is 10.9. The van der Waals surface area contributed by atoms with Gasteiger partial charge in [-0.15, -0.1) is 0 Å². The minimum absolute atomic E-state index is 0.164. The zero-order chi connectivity index (χ0) is 14.2. The first-order valence-corrected chi connectivity index (χ1v) is 7.09. The number of hydrogen-bond donors (Lipinski definition) is 2. The van der Waals surface area contributed by atoms with Crippen molar-refractivity contribution in [1.82, 2.24) is 4.90 Å². The number of fused-ring (bicyclic) bond motifs is 1. The highest BCUT2D eigenvalue weighted by atomic mass is 32.2. The Morgan fingerprint density at radius 2 is 1.84 bits per heavy atom. The highest BCUT2D eigenvalue weighted by molar-refractivity contribution is 7.92. The number of hydrogen-bond acceptors (Lipinski definition) is 5. The second-order valence-corrected chi connectivity index (χ2v) is 5.92. The van der Waals surface area contributed by atoms with E-state index < -0.39 is 34.2 Å². The molecule has 0 fully saturated rings. The van der Waals surface area contributed by atoms with Crippen LogP contribution in [0.5, 0.6) is 0 Å². The largest absolute Gasteiger partial charge is 0.395 e. The van der Waals surface area contributed by atoms with Crippen molar-refractivity contribution in [3.63, 3.8) is 0 Å². The molecule has 7 nitrogen and oxygen atoms in total. The van der Waals surface area contributed by atoms with Crippen molar-refractivity contribution >= 4 is 27.5 Å². The van der Waals surface area contributed by atoms with E-state index in [0.717, 1.165) is 4.90 Å². The molecule has 8 heteroatoms. The number of carbonyl (C=O) groups is 2. The average molecular weight is 284 g/mol. The van der Waals surface area contributed by atoms with Crippen LogP contribution >= 0.6 is 0 Å². The number of benzene rings is 1. The molecule has 19 heavy (non-hydrogen) atoms. The lowest BCUT2D eigenvalue weighted by Crippen LogP contribution is -2.24. The van der Waals surface area contributed by atoms with Crippen LogP contribution in [-0.2, 0) is 10.0 Å². The lowest BCUT2D eigenvalue weighted by molar-refractivity contribution is 0.0693. The molecular weight excluding hydrogens is 272 g/mol. The number of imide groups is 1. The molecule has 2 amide bonds. The number of rotatable bonds is 4. The van der Waals surface area contributed by atoms with E-state index in [0.29, 0.717) is 0 Å². The molecule has 0 unspecified atom stereocenters. The van der Waals surface area contributed by atoms with Crippen LogP contribution < -0.4 is 4.72 Å². The summed E-state index contributed by atoms with van der Waals surface area (Å²) in [4.78, 5) is 24.3. The minimum atomic E-state index is -3.66. The predicted octanol–water partition coefficient (Wildman–Crippen LogP) is -0.354. The molecule has 0 radical (unpaired) electrons. The number of anilines is 1. The van der Waals surface area contributed by atoms with Crippen LogP contribution in [0.4, 0.5) is 5.69 Å². The Morgan fingerprint density at radius 3 is 2.47 bits per heavy atom. The van der Waals surface area contributed by atoms with Gasteiger partial charge in [-0.25, -0.2) is 8.42 Å². The molecule has 0 saturated carbocycles. The molecule has 2 N–H and O–H groups in total. The second kappa shape index (κ2) is 4.63. The average Bonchev–Trinajstić information content (AvgIpc) is 2.54. The monoisotopic (exact) mass is 284 g/mol. The van der Waals surface area contributed by atoms with Crippen molar-refractivity contribution < 1.29 is 23.1 Å². The van der Waals surface area contributed by atoms with Crippen molar-refractivity contribution in [2.75, 3.05) is 24.1 Å². The molecule has 1 heterocycles. The van der Waals surface area contributed by atoms with Gasteiger partial charge >= 0.3 is 0 Å². The van der Waals surface area contributed by atoms with E-state index in [1.165, 1.54) is 25.2 Å². The van der Waals surface area contributed by atoms with Gasteiger partial charge in [0.05, 0.1) is 23.5 Å². The number of aliphatic hydroxyl groups excluding tert-OH is 1. The summed E-state index contributed by atoms with van der Waals surface area (Å²) in [6.07, 6.45) is 0. The summed E-state index contributed by atoms with van der Waals surface area (Å²) >= 11 is 0. The predicted molar refractivity (Wildman–Crippen MR) is 67.4 cm³/mol. The fourth-order valence-electron chi connectivity index (χ4n) is 1.78. The third-order valence-electron chi connectivity index (χ3n) is 2.72. The normalized spacial score (nSPS) is 14.7. The Balaban J connectivity index is 2.34. The number of sulfonamides is 1. The van der Waals surface area contributed by atoms with Crippen molar-refractivity contribution in [2.24, 2.45) is 0 Å². The smallest absolute Gasteiger partial charge is 0.261 e. The standard InChI is InChI=1S/C11H12N2O5S/c1-13-10(15)8-3-2-7(6-9(8)11(13)16)12-19(17,18)5-4-14/h2-3,6,12,14H,4-5H2,1H3. The number of nitrogens with one attached hydrogen (secondary N) is 1. The Morgan fingerprint density at radius 1 is 1.21 bits per heavy atom. The first-order chi connectivity index (χ1) is 8.85. The Bertz CT molecular complexity index is 653. The first-order valence-electron chi connectivity index (χ1n) is 5.43. The van der Waals surface area contributed by atoms with Gasteiger partial charge < -0.3 is 5.11 Å². The summed E-state index contributed by atoms with van der Waals surface area (Å²) in [5, 5.41) is 8.62. The van der Waals surface area contributed by atoms with Crippen molar-refractivity contribution in [2.45, 2.75) is 0 Å².